The minimum atomic E-state index is -1.06. The number of H-pyrrole nitrogens is 1. The largest absolute Gasteiger partial charge is 0.366 e. The summed E-state index contributed by atoms with van der Waals surface area (Å²) < 4.78 is 43.4. The van der Waals surface area contributed by atoms with E-state index in [1.807, 2.05) is 0 Å². The Morgan fingerprint density at radius 2 is 2.15 bits per heavy atom. The standard InChI is InChI=1S/C18H13BrF3N3O/c19-9-5-11-12(7-24-18(11)23-6-9)17(26)15-13(21)1-2-14(16(15)22)25-4-3-10(20)8-25/h1-2,5-7,10H,3-4,8H2,(H,23,24)/t10-/m1/s1. The van der Waals surface area contributed by atoms with Crippen molar-refractivity contribution < 1.29 is 18.0 Å². The first-order valence-electron chi connectivity index (χ1n) is 8.00. The molecule has 134 valence electrons. The number of pyridine rings is 1. The van der Waals surface area contributed by atoms with Crippen LogP contribution in [0.2, 0.25) is 0 Å². The zero-order valence-electron chi connectivity index (χ0n) is 13.4. The van der Waals surface area contributed by atoms with Crippen LogP contribution < -0.4 is 4.90 Å². The first-order chi connectivity index (χ1) is 12.5. The molecular weight excluding hydrogens is 411 g/mol. The number of aromatic nitrogens is 2. The summed E-state index contributed by atoms with van der Waals surface area (Å²) in [5, 5.41) is 0.457. The van der Waals surface area contributed by atoms with Gasteiger partial charge in [-0.25, -0.2) is 18.2 Å². The molecule has 1 fully saturated rings. The van der Waals surface area contributed by atoms with Crippen LogP contribution >= 0.6 is 15.9 Å². The second kappa shape index (κ2) is 6.42. The lowest BCUT2D eigenvalue weighted by molar-refractivity contribution is 0.103. The fourth-order valence-corrected chi connectivity index (χ4v) is 3.56. The first kappa shape index (κ1) is 17.1. The molecule has 1 saturated heterocycles. The van der Waals surface area contributed by atoms with Gasteiger partial charge in [-0.3, -0.25) is 4.79 Å². The van der Waals surface area contributed by atoms with Crippen LogP contribution in [-0.4, -0.2) is 35.0 Å². The Bertz CT molecular complexity index is 1020. The highest BCUT2D eigenvalue weighted by molar-refractivity contribution is 9.10. The number of fused-ring (bicyclic) bond motifs is 1. The van der Waals surface area contributed by atoms with Gasteiger partial charge in [0.2, 0.25) is 5.78 Å². The van der Waals surface area contributed by atoms with Crippen LogP contribution in [0.25, 0.3) is 11.0 Å². The average molecular weight is 424 g/mol. The van der Waals surface area contributed by atoms with Crippen molar-refractivity contribution in [1.82, 2.24) is 9.97 Å². The van der Waals surface area contributed by atoms with Gasteiger partial charge in [-0.15, -0.1) is 0 Å². The van der Waals surface area contributed by atoms with Gasteiger partial charge in [-0.2, -0.15) is 0 Å². The highest BCUT2D eigenvalue weighted by atomic mass is 79.9. The van der Waals surface area contributed by atoms with E-state index < -0.39 is 29.2 Å². The van der Waals surface area contributed by atoms with Crippen LogP contribution in [0.15, 0.2) is 35.1 Å². The fraction of sp³-hybridized carbons (Fsp3) is 0.222. The van der Waals surface area contributed by atoms with E-state index in [4.69, 9.17) is 0 Å². The Hall–Kier alpha value is -2.35. The summed E-state index contributed by atoms with van der Waals surface area (Å²) >= 11 is 3.27. The van der Waals surface area contributed by atoms with Crippen molar-refractivity contribution in [3.63, 3.8) is 0 Å². The molecule has 1 aromatic carbocycles. The predicted molar refractivity (Wildman–Crippen MR) is 95.3 cm³/mol. The van der Waals surface area contributed by atoms with E-state index in [0.29, 0.717) is 22.1 Å². The van der Waals surface area contributed by atoms with Crippen molar-refractivity contribution >= 4 is 38.4 Å². The molecule has 0 saturated carbocycles. The number of aromatic amines is 1. The molecule has 2 aromatic heterocycles. The molecule has 1 atom stereocenters. The average Bonchev–Trinajstić information content (AvgIpc) is 3.20. The van der Waals surface area contributed by atoms with Crippen LogP contribution in [0.5, 0.6) is 0 Å². The molecule has 26 heavy (non-hydrogen) atoms. The molecule has 1 aliphatic rings. The summed E-state index contributed by atoms with van der Waals surface area (Å²) in [7, 11) is 0. The van der Waals surface area contributed by atoms with Gasteiger partial charge in [0, 0.05) is 40.9 Å². The number of hydrogen-bond acceptors (Lipinski definition) is 3. The number of hydrogen-bond donors (Lipinski definition) is 1. The maximum Gasteiger partial charge on any atom is 0.201 e. The third-order valence-corrected chi connectivity index (χ3v) is 4.95. The number of anilines is 1. The molecule has 4 nitrogen and oxygen atoms in total. The summed E-state index contributed by atoms with van der Waals surface area (Å²) in [4.78, 5) is 21.3. The van der Waals surface area contributed by atoms with Gasteiger partial charge in [-0.1, -0.05) is 0 Å². The molecule has 3 heterocycles. The Labute approximate surface area is 155 Å². The molecule has 1 aliphatic heterocycles. The molecule has 3 aromatic rings. The fourth-order valence-electron chi connectivity index (χ4n) is 3.23. The normalized spacial score (nSPS) is 17.2. The third-order valence-electron chi connectivity index (χ3n) is 4.51. The molecule has 0 aliphatic carbocycles. The van der Waals surface area contributed by atoms with Crippen molar-refractivity contribution in [2.75, 3.05) is 18.0 Å². The van der Waals surface area contributed by atoms with Crippen molar-refractivity contribution in [1.29, 1.82) is 0 Å². The zero-order chi connectivity index (χ0) is 18.4. The lowest BCUT2D eigenvalue weighted by Crippen LogP contribution is -2.22. The summed E-state index contributed by atoms with van der Waals surface area (Å²) in [6, 6.07) is 3.94. The maximum atomic E-state index is 15.0. The molecule has 4 rings (SSSR count). The van der Waals surface area contributed by atoms with E-state index in [1.165, 1.54) is 17.2 Å². The minimum Gasteiger partial charge on any atom is -0.366 e. The predicted octanol–water partition coefficient (Wildman–Crippen LogP) is 4.38. The van der Waals surface area contributed by atoms with E-state index in [2.05, 4.69) is 25.9 Å². The van der Waals surface area contributed by atoms with Crippen LogP contribution in [0.1, 0.15) is 22.3 Å². The van der Waals surface area contributed by atoms with E-state index in [0.717, 1.165) is 6.07 Å². The monoisotopic (exact) mass is 423 g/mol. The number of halogens is 4. The van der Waals surface area contributed by atoms with Gasteiger partial charge < -0.3 is 9.88 Å². The number of carbonyl (C=O) groups excluding carboxylic acids is 1. The molecule has 8 heteroatoms. The summed E-state index contributed by atoms with van der Waals surface area (Å²) in [6.45, 7) is 0.349. The first-order valence-corrected chi connectivity index (χ1v) is 8.79. The molecule has 0 radical (unpaired) electrons. The van der Waals surface area contributed by atoms with Gasteiger partial charge in [0.15, 0.2) is 5.82 Å². The quantitative estimate of drug-likeness (QED) is 0.635. The SMILES string of the molecule is O=C(c1c(F)ccc(N2CC[C@@H](F)C2)c1F)c1c[nH]c2ncc(Br)cc12. The van der Waals surface area contributed by atoms with Gasteiger partial charge in [0.05, 0.1) is 11.3 Å². The van der Waals surface area contributed by atoms with Crippen molar-refractivity contribution in [2.24, 2.45) is 0 Å². The number of carbonyl (C=O) groups is 1. The number of nitrogens with one attached hydrogen (secondary N) is 1. The summed E-state index contributed by atoms with van der Waals surface area (Å²) in [6.07, 6.45) is 2.15. The van der Waals surface area contributed by atoms with E-state index in [-0.39, 0.29) is 24.2 Å². The highest BCUT2D eigenvalue weighted by Gasteiger charge is 2.29. The number of nitrogens with zero attached hydrogens (tertiary/aromatic N) is 2. The smallest absolute Gasteiger partial charge is 0.201 e. The van der Waals surface area contributed by atoms with Gasteiger partial charge in [0.25, 0.3) is 0 Å². The topological polar surface area (TPSA) is 49.0 Å². The summed E-state index contributed by atoms with van der Waals surface area (Å²) in [5.74, 6) is -2.71. The Balaban J connectivity index is 1.81. The van der Waals surface area contributed by atoms with Crippen LogP contribution in [-0.2, 0) is 0 Å². The third kappa shape index (κ3) is 2.78. The van der Waals surface area contributed by atoms with Crippen LogP contribution in [0.3, 0.4) is 0 Å². The van der Waals surface area contributed by atoms with Crippen molar-refractivity contribution in [3.05, 3.63) is 57.8 Å². The van der Waals surface area contributed by atoms with E-state index >= 15 is 0 Å². The van der Waals surface area contributed by atoms with Crippen molar-refractivity contribution in [2.45, 2.75) is 12.6 Å². The van der Waals surface area contributed by atoms with Crippen molar-refractivity contribution in [3.8, 4) is 0 Å². The van der Waals surface area contributed by atoms with Gasteiger partial charge in [-0.05, 0) is 40.5 Å². The molecule has 0 amide bonds. The Kier molecular flexibility index (Phi) is 4.22. The number of ketones is 1. The van der Waals surface area contributed by atoms with E-state index in [1.54, 1.807) is 12.3 Å². The Morgan fingerprint density at radius 1 is 1.35 bits per heavy atom. The molecule has 0 bridgehead atoms. The van der Waals surface area contributed by atoms with E-state index in [9.17, 15) is 18.0 Å². The number of rotatable bonds is 3. The minimum absolute atomic E-state index is 0.0279. The molecular formula is C18H13BrF3N3O. The lowest BCUT2D eigenvalue weighted by atomic mass is 10.0. The molecule has 1 N–H and O–H groups in total. The Morgan fingerprint density at radius 3 is 2.88 bits per heavy atom. The second-order valence-corrected chi connectivity index (χ2v) is 7.08. The van der Waals surface area contributed by atoms with Gasteiger partial charge in [0.1, 0.15) is 17.6 Å². The zero-order valence-corrected chi connectivity index (χ0v) is 15.0. The highest BCUT2D eigenvalue weighted by Crippen LogP contribution is 2.31. The number of benzene rings is 1. The second-order valence-electron chi connectivity index (χ2n) is 6.17. The molecule has 0 spiro atoms. The number of alkyl halides is 1. The van der Waals surface area contributed by atoms with Crippen LogP contribution in [0, 0.1) is 11.6 Å². The lowest BCUT2D eigenvalue weighted by Gasteiger charge is -2.19. The van der Waals surface area contributed by atoms with Gasteiger partial charge >= 0.3 is 0 Å². The maximum absolute atomic E-state index is 15.0. The van der Waals surface area contributed by atoms with Crippen LogP contribution in [0.4, 0.5) is 18.9 Å². The molecule has 0 unspecified atom stereocenters. The summed E-state index contributed by atoms with van der Waals surface area (Å²) in [5.41, 5.74) is -0.0541.